The molecule has 5 aliphatic carbocycles. The summed E-state index contributed by atoms with van der Waals surface area (Å²) < 4.78 is 164. The Morgan fingerprint density at radius 1 is 0.865 bits per heavy atom. The van der Waals surface area contributed by atoms with E-state index in [-0.39, 0.29) is 67.6 Å². The standard InChI is InChI=1S/C34H39F9O8S/c1-25(2)16-49-29(50-17-25)11-10-27-13-18-12-19(51-52(47,48)34(42,43)32(37,38)31(35,36)33(39,40)41)4-5-20(18)23-14-26(3)21(6-7-24(26)44)22(30(23,27)46)8-9-28(27,45)15-29/h4-5,12,21-23,45-46H,6-11,13-17H2,1-3H3/t21-,22-,23?,26-,27+,28+,30-/m0/s1. The molecular formula is C34H39F9O8S. The van der Waals surface area contributed by atoms with Crippen molar-refractivity contribution < 1.29 is 76.6 Å². The topological polar surface area (TPSA) is 119 Å². The van der Waals surface area contributed by atoms with Crippen LogP contribution in [0.15, 0.2) is 18.2 Å². The van der Waals surface area contributed by atoms with E-state index < -0.39 is 78.8 Å². The first-order chi connectivity index (χ1) is 23.6. The number of carbonyl (C=O) groups excluding carboxylic acids is 1. The second kappa shape index (κ2) is 10.8. The zero-order valence-electron chi connectivity index (χ0n) is 28.4. The van der Waals surface area contributed by atoms with Crippen molar-refractivity contribution in [1.29, 1.82) is 0 Å². The Labute approximate surface area is 293 Å². The number of halogens is 9. The van der Waals surface area contributed by atoms with E-state index in [1.807, 2.05) is 13.8 Å². The summed E-state index contributed by atoms with van der Waals surface area (Å²) in [6.07, 6.45) is -5.92. The number of fused-ring (bicyclic) bond motifs is 4. The van der Waals surface area contributed by atoms with Gasteiger partial charge in [-0.2, -0.15) is 47.9 Å². The Kier molecular flexibility index (Phi) is 7.91. The van der Waals surface area contributed by atoms with Gasteiger partial charge < -0.3 is 23.9 Å². The summed E-state index contributed by atoms with van der Waals surface area (Å²) in [6.45, 7) is 6.31. The lowest BCUT2D eigenvalue weighted by Crippen LogP contribution is -2.78. The molecular weight excluding hydrogens is 739 g/mol. The van der Waals surface area contributed by atoms with E-state index in [1.165, 1.54) is 6.07 Å². The van der Waals surface area contributed by atoms with Crippen LogP contribution in [0.1, 0.15) is 89.2 Å². The lowest BCUT2D eigenvalue weighted by atomic mass is 9.35. The van der Waals surface area contributed by atoms with Gasteiger partial charge in [0.2, 0.25) is 0 Å². The maximum atomic E-state index is 14.6. The average molecular weight is 779 g/mol. The number of ketones is 1. The normalized spacial score (nSPS) is 38.6. The zero-order valence-corrected chi connectivity index (χ0v) is 29.2. The monoisotopic (exact) mass is 778 g/mol. The SMILES string of the molecule is CC1(C)COC2(CC[C@@]34Cc5cc(OS(=O)(=O)C(F)(F)C(F)(F)C(F)(F)C(F)(F)F)ccc5C5C[C@]6(C)C(=O)CC[C@H]6[C@H](CC[C@@]3(O)C2)[C@]54O)OC1. The van der Waals surface area contributed by atoms with E-state index in [0.29, 0.717) is 31.6 Å². The summed E-state index contributed by atoms with van der Waals surface area (Å²) in [6, 6.07) is 2.76. The van der Waals surface area contributed by atoms with Gasteiger partial charge in [0.25, 0.3) is 0 Å². The molecule has 8 nitrogen and oxygen atoms in total. The second-order valence-corrected chi connectivity index (χ2v) is 18.5. The van der Waals surface area contributed by atoms with Gasteiger partial charge in [0, 0.05) is 41.4 Å². The molecule has 7 rings (SSSR count). The maximum absolute atomic E-state index is 14.6. The predicted octanol–water partition coefficient (Wildman–Crippen LogP) is 6.66. The van der Waals surface area contributed by atoms with E-state index in [2.05, 4.69) is 4.18 Å². The molecule has 0 aromatic heterocycles. The van der Waals surface area contributed by atoms with Gasteiger partial charge in [-0.15, -0.1) is 0 Å². The third-order valence-corrected chi connectivity index (χ3v) is 14.7. The molecule has 1 aromatic rings. The molecule has 1 saturated heterocycles. The van der Waals surface area contributed by atoms with Gasteiger partial charge in [0.1, 0.15) is 11.5 Å². The highest BCUT2D eigenvalue weighted by Crippen LogP contribution is 2.75. The number of benzene rings is 1. The van der Waals surface area contributed by atoms with Crippen LogP contribution in [-0.4, -0.2) is 77.9 Å². The number of hydrogen-bond acceptors (Lipinski definition) is 8. The minimum absolute atomic E-state index is 0.0272. The summed E-state index contributed by atoms with van der Waals surface area (Å²) in [4.78, 5) is 13.4. The van der Waals surface area contributed by atoms with Crippen molar-refractivity contribution in [2.45, 2.75) is 125 Å². The van der Waals surface area contributed by atoms with Gasteiger partial charge in [0.05, 0.1) is 24.4 Å². The smallest absolute Gasteiger partial charge is 0.389 e. The van der Waals surface area contributed by atoms with E-state index in [1.54, 1.807) is 6.92 Å². The molecule has 0 bridgehead atoms. The highest BCUT2D eigenvalue weighted by molar-refractivity contribution is 7.88. The first-order valence-electron chi connectivity index (χ1n) is 17.1. The molecule has 5 fully saturated rings. The van der Waals surface area contributed by atoms with Crippen molar-refractivity contribution in [3.05, 3.63) is 29.3 Å². The number of hydrogen-bond donors (Lipinski definition) is 2. The Hall–Kier alpha value is -2.15. The molecule has 2 spiro atoms. The van der Waals surface area contributed by atoms with E-state index in [4.69, 9.17) is 9.47 Å². The predicted molar refractivity (Wildman–Crippen MR) is 161 cm³/mol. The first kappa shape index (κ1) is 38.1. The molecule has 4 saturated carbocycles. The lowest BCUT2D eigenvalue weighted by molar-refractivity contribution is -0.382. The molecule has 52 heavy (non-hydrogen) atoms. The number of Topliss-reactive ketones (excluding diaryl/α,β-unsaturated/α-hetero) is 1. The van der Waals surface area contributed by atoms with Gasteiger partial charge in [-0.3, -0.25) is 4.79 Å². The fraction of sp³-hybridized carbons (Fsp3) is 0.794. The summed E-state index contributed by atoms with van der Waals surface area (Å²) in [5.41, 5.74) is -5.57. The molecule has 2 N–H and O–H groups in total. The van der Waals surface area contributed by atoms with E-state index in [0.717, 1.165) is 12.1 Å². The summed E-state index contributed by atoms with van der Waals surface area (Å²) in [5.74, 6) is -18.9. The van der Waals surface area contributed by atoms with E-state index >= 15 is 0 Å². The number of ether oxygens (including phenoxy) is 2. The van der Waals surface area contributed by atoms with Gasteiger partial charge in [0.15, 0.2) is 5.79 Å². The molecule has 1 unspecified atom stereocenters. The highest BCUT2D eigenvalue weighted by Gasteiger charge is 2.86. The molecule has 18 heteroatoms. The van der Waals surface area contributed by atoms with Crippen LogP contribution in [-0.2, 0) is 30.8 Å². The van der Waals surface area contributed by atoms with Gasteiger partial charge >= 0.3 is 33.4 Å². The van der Waals surface area contributed by atoms with Crippen LogP contribution in [0.25, 0.3) is 0 Å². The molecule has 0 radical (unpaired) electrons. The quantitative estimate of drug-likeness (QED) is 0.252. The fourth-order valence-corrected chi connectivity index (χ4v) is 11.7. The molecule has 1 aromatic carbocycles. The van der Waals surface area contributed by atoms with Crippen LogP contribution in [0.4, 0.5) is 39.5 Å². The largest absolute Gasteiger partial charge is 0.460 e. The molecule has 292 valence electrons. The van der Waals surface area contributed by atoms with E-state index in [9.17, 15) is 62.9 Å². The van der Waals surface area contributed by atoms with Crippen molar-refractivity contribution >= 4 is 15.9 Å². The molecule has 1 heterocycles. The van der Waals surface area contributed by atoms with Crippen LogP contribution in [0.2, 0.25) is 0 Å². The van der Waals surface area contributed by atoms with Gasteiger partial charge in [-0.25, -0.2) is 0 Å². The molecule has 1 aliphatic heterocycles. The minimum atomic E-state index is -7.48. The van der Waals surface area contributed by atoms with Crippen molar-refractivity contribution in [2.75, 3.05) is 13.2 Å². The highest BCUT2D eigenvalue weighted by atomic mass is 32.2. The number of alkyl halides is 9. The first-order valence-corrected chi connectivity index (χ1v) is 18.5. The third kappa shape index (κ3) is 4.68. The Bertz CT molecular complexity index is 1790. The molecule has 7 atom stereocenters. The number of aliphatic hydroxyl groups is 2. The van der Waals surface area contributed by atoms with Crippen LogP contribution in [0, 0.1) is 28.1 Å². The zero-order chi connectivity index (χ0) is 38.6. The number of rotatable bonds is 5. The maximum Gasteiger partial charge on any atom is 0.460 e. The van der Waals surface area contributed by atoms with Crippen LogP contribution in [0.3, 0.4) is 0 Å². The summed E-state index contributed by atoms with van der Waals surface area (Å²) in [7, 11) is -7.23. The Balaban J connectivity index is 1.31. The van der Waals surface area contributed by atoms with Crippen molar-refractivity contribution in [3.8, 4) is 5.75 Å². The molecule has 0 amide bonds. The fourth-order valence-electron chi connectivity index (χ4n) is 10.8. The van der Waals surface area contributed by atoms with Crippen molar-refractivity contribution in [2.24, 2.45) is 28.1 Å². The van der Waals surface area contributed by atoms with Gasteiger partial charge in [-0.1, -0.05) is 26.8 Å². The lowest BCUT2D eigenvalue weighted by Gasteiger charge is -2.73. The molecule has 6 aliphatic rings. The second-order valence-electron chi connectivity index (χ2n) is 16.9. The summed E-state index contributed by atoms with van der Waals surface area (Å²) in [5, 5.41) is 19.0. The Morgan fingerprint density at radius 2 is 1.50 bits per heavy atom. The minimum Gasteiger partial charge on any atom is -0.389 e. The average Bonchev–Trinajstić information content (AvgIpc) is 3.31. The third-order valence-electron chi connectivity index (χ3n) is 13.4. The van der Waals surface area contributed by atoms with Crippen LogP contribution in [0.5, 0.6) is 5.75 Å². The van der Waals surface area contributed by atoms with Gasteiger partial charge in [-0.05, 0) is 73.6 Å². The van der Waals surface area contributed by atoms with Crippen LogP contribution < -0.4 is 4.18 Å². The van der Waals surface area contributed by atoms with Crippen molar-refractivity contribution in [3.63, 3.8) is 0 Å². The Morgan fingerprint density at radius 3 is 2.12 bits per heavy atom. The van der Waals surface area contributed by atoms with Crippen LogP contribution >= 0.6 is 0 Å². The summed E-state index contributed by atoms with van der Waals surface area (Å²) >= 11 is 0. The number of carbonyl (C=O) groups is 1. The van der Waals surface area contributed by atoms with Crippen molar-refractivity contribution in [1.82, 2.24) is 0 Å².